The van der Waals surface area contributed by atoms with E-state index in [1.807, 2.05) is 23.1 Å². The highest BCUT2D eigenvalue weighted by Crippen LogP contribution is 2.24. The number of hydrazine groups is 1. The predicted molar refractivity (Wildman–Crippen MR) is 102 cm³/mol. The van der Waals surface area contributed by atoms with E-state index in [-0.39, 0.29) is 18.0 Å². The summed E-state index contributed by atoms with van der Waals surface area (Å²) in [4.78, 5) is 21.2. The first-order valence-corrected chi connectivity index (χ1v) is 9.21. The van der Waals surface area contributed by atoms with Gasteiger partial charge in [-0.2, -0.15) is 5.26 Å². The molecule has 4 rings (SSSR count). The van der Waals surface area contributed by atoms with Crippen LogP contribution < -0.4 is 15.8 Å². The topological polar surface area (TPSA) is 84.3 Å². The molecule has 2 unspecified atom stereocenters. The van der Waals surface area contributed by atoms with Crippen molar-refractivity contribution in [3.63, 3.8) is 0 Å². The third-order valence-electron chi connectivity index (χ3n) is 5.20. The molecule has 0 spiro atoms. The Bertz CT molecular complexity index is 841. The maximum Gasteiger partial charge on any atom is 0.241 e. The van der Waals surface area contributed by atoms with Crippen LogP contribution in [0.25, 0.3) is 0 Å². The molecular formula is C20H22N6O. The molecule has 2 aromatic rings. The lowest BCUT2D eigenvalue weighted by Gasteiger charge is -2.36. The van der Waals surface area contributed by atoms with Gasteiger partial charge in [-0.1, -0.05) is 30.3 Å². The average molecular weight is 362 g/mol. The number of pyridine rings is 1. The Hall–Kier alpha value is -2.95. The highest BCUT2D eigenvalue weighted by Gasteiger charge is 2.34. The van der Waals surface area contributed by atoms with Gasteiger partial charge in [-0.3, -0.25) is 4.79 Å². The van der Waals surface area contributed by atoms with Crippen LogP contribution in [-0.4, -0.2) is 48.0 Å². The van der Waals surface area contributed by atoms with Gasteiger partial charge in [0.1, 0.15) is 17.9 Å². The largest absolute Gasteiger partial charge is 0.352 e. The van der Waals surface area contributed by atoms with Gasteiger partial charge in [0.05, 0.1) is 5.56 Å². The van der Waals surface area contributed by atoms with Crippen molar-refractivity contribution in [2.24, 2.45) is 0 Å². The lowest BCUT2D eigenvalue weighted by atomic mass is 10.0. The second-order valence-corrected chi connectivity index (χ2v) is 6.84. The molecule has 1 aromatic carbocycles. The predicted octanol–water partition coefficient (Wildman–Crippen LogP) is 1.21. The van der Waals surface area contributed by atoms with Crippen LogP contribution in [0.1, 0.15) is 23.6 Å². The van der Waals surface area contributed by atoms with E-state index in [9.17, 15) is 10.1 Å². The number of hydrogen-bond acceptors (Lipinski definition) is 6. The van der Waals surface area contributed by atoms with Crippen molar-refractivity contribution in [3.8, 4) is 6.07 Å². The van der Waals surface area contributed by atoms with Gasteiger partial charge in [-0.15, -0.1) is 0 Å². The number of benzene rings is 1. The molecule has 1 amide bonds. The Morgan fingerprint density at radius 2 is 1.85 bits per heavy atom. The summed E-state index contributed by atoms with van der Waals surface area (Å²) in [5.74, 6) is 0.832. The number of piperazine rings is 1. The van der Waals surface area contributed by atoms with E-state index in [0.717, 1.165) is 6.42 Å². The summed E-state index contributed by atoms with van der Waals surface area (Å²) in [5, 5.41) is 9.26. The molecule has 2 fully saturated rings. The third-order valence-corrected chi connectivity index (χ3v) is 5.20. The van der Waals surface area contributed by atoms with E-state index >= 15 is 0 Å². The van der Waals surface area contributed by atoms with E-state index in [2.05, 4.69) is 38.9 Å². The van der Waals surface area contributed by atoms with Gasteiger partial charge >= 0.3 is 0 Å². The molecule has 2 aliphatic rings. The summed E-state index contributed by atoms with van der Waals surface area (Å²) >= 11 is 0. The first-order chi connectivity index (χ1) is 13.3. The van der Waals surface area contributed by atoms with Crippen LogP contribution in [0.5, 0.6) is 0 Å². The number of rotatable bonds is 3. The van der Waals surface area contributed by atoms with Crippen molar-refractivity contribution in [2.75, 3.05) is 31.1 Å². The summed E-state index contributed by atoms with van der Waals surface area (Å²) in [6, 6.07) is 15.8. The zero-order chi connectivity index (χ0) is 18.6. The number of aromatic nitrogens is 1. The standard InChI is InChI=1S/C20H22N6O/c21-14-16-7-4-8-22-19(16)25-9-11-26(12-10-25)20(27)18-13-17(23-24-18)15-5-2-1-3-6-15/h1-8,17-18,23-24H,9-13H2. The summed E-state index contributed by atoms with van der Waals surface area (Å²) in [6.45, 7) is 2.63. The van der Waals surface area contributed by atoms with E-state index in [1.54, 1.807) is 18.3 Å². The van der Waals surface area contributed by atoms with E-state index < -0.39 is 0 Å². The number of nitrogens with one attached hydrogen (secondary N) is 2. The maximum absolute atomic E-state index is 12.9. The molecule has 2 aliphatic heterocycles. The monoisotopic (exact) mass is 362 g/mol. The minimum Gasteiger partial charge on any atom is -0.352 e. The molecule has 2 atom stereocenters. The molecular weight excluding hydrogens is 340 g/mol. The van der Waals surface area contributed by atoms with Crippen LogP contribution in [0.2, 0.25) is 0 Å². The molecule has 0 saturated carbocycles. The molecule has 0 bridgehead atoms. The molecule has 138 valence electrons. The molecule has 2 N–H and O–H groups in total. The molecule has 2 saturated heterocycles. The number of nitrogens with zero attached hydrogens (tertiary/aromatic N) is 4. The Balaban J connectivity index is 1.35. The zero-order valence-electron chi connectivity index (χ0n) is 15.0. The minimum atomic E-state index is -0.216. The summed E-state index contributed by atoms with van der Waals surface area (Å²) < 4.78 is 0. The fourth-order valence-corrected chi connectivity index (χ4v) is 3.72. The lowest BCUT2D eigenvalue weighted by molar-refractivity contribution is -0.133. The fraction of sp³-hybridized carbons (Fsp3) is 0.350. The quantitative estimate of drug-likeness (QED) is 0.854. The number of anilines is 1. The van der Waals surface area contributed by atoms with Crippen molar-refractivity contribution in [1.82, 2.24) is 20.7 Å². The molecule has 3 heterocycles. The number of carbonyl (C=O) groups is 1. The molecule has 0 aliphatic carbocycles. The number of carbonyl (C=O) groups excluding carboxylic acids is 1. The highest BCUT2D eigenvalue weighted by atomic mass is 16.2. The van der Waals surface area contributed by atoms with Crippen LogP contribution in [-0.2, 0) is 4.79 Å². The zero-order valence-corrected chi connectivity index (χ0v) is 15.0. The first kappa shape index (κ1) is 17.5. The van der Waals surface area contributed by atoms with Gasteiger partial charge in [0.15, 0.2) is 0 Å². The highest BCUT2D eigenvalue weighted by molar-refractivity contribution is 5.82. The minimum absolute atomic E-state index is 0.127. The van der Waals surface area contributed by atoms with Crippen molar-refractivity contribution in [1.29, 1.82) is 5.26 Å². The lowest BCUT2D eigenvalue weighted by Crippen LogP contribution is -2.54. The van der Waals surface area contributed by atoms with Crippen molar-refractivity contribution >= 4 is 11.7 Å². The van der Waals surface area contributed by atoms with Crippen LogP contribution in [0.4, 0.5) is 5.82 Å². The summed E-state index contributed by atoms with van der Waals surface area (Å²) in [5.41, 5.74) is 8.15. The molecule has 27 heavy (non-hydrogen) atoms. The SMILES string of the molecule is N#Cc1cccnc1N1CCN(C(=O)C2CC(c3ccccc3)NN2)CC1. The molecule has 0 radical (unpaired) electrons. The summed E-state index contributed by atoms with van der Waals surface area (Å²) in [7, 11) is 0. The van der Waals surface area contributed by atoms with Gasteiger partial charge in [0, 0.05) is 38.4 Å². The van der Waals surface area contributed by atoms with Crippen molar-refractivity contribution < 1.29 is 4.79 Å². The van der Waals surface area contributed by atoms with E-state index in [0.29, 0.717) is 37.6 Å². The summed E-state index contributed by atoms with van der Waals surface area (Å²) in [6.07, 6.45) is 2.44. The second kappa shape index (κ2) is 7.74. The molecule has 1 aromatic heterocycles. The number of nitriles is 1. The maximum atomic E-state index is 12.9. The first-order valence-electron chi connectivity index (χ1n) is 9.21. The van der Waals surface area contributed by atoms with Gasteiger partial charge in [0.2, 0.25) is 5.91 Å². The Labute approximate surface area is 158 Å². The number of hydrogen-bond donors (Lipinski definition) is 2. The van der Waals surface area contributed by atoms with Crippen LogP contribution in [0.15, 0.2) is 48.7 Å². The van der Waals surface area contributed by atoms with E-state index in [1.165, 1.54) is 5.56 Å². The third kappa shape index (κ3) is 3.63. The molecule has 7 nitrogen and oxygen atoms in total. The van der Waals surface area contributed by atoms with E-state index in [4.69, 9.17) is 0 Å². The van der Waals surface area contributed by atoms with Crippen LogP contribution >= 0.6 is 0 Å². The Kier molecular flexibility index (Phi) is 5.01. The van der Waals surface area contributed by atoms with Gasteiger partial charge in [-0.05, 0) is 24.1 Å². The van der Waals surface area contributed by atoms with Gasteiger partial charge in [-0.25, -0.2) is 15.8 Å². The van der Waals surface area contributed by atoms with Crippen LogP contribution in [0, 0.1) is 11.3 Å². The average Bonchev–Trinajstić information content (AvgIpc) is 3.24. The van der Waals surface area contributed by atoms with Crippen molar-refractivity contribution in [2.45, 2.75) is 18.5 Å². The van der Waals surface area contributed by atoms with Crippen molar-refractivity contribution in [3.05, 3.63) is 59.8 Å². The van der Waals surface area contributed by atoms with Gasteiger partial charge < -0.3 is 9.80 Å². The number of amides is 1. The normalized spacial score (nSPS) is 22.5. The Morgan fingerprint density at radius 1 is 1.07 bits per heavy atom. The Morgan fingerprint density at radius 3 is 2.59 bits per heavy atom. The second-order valence-electron chi connectivity index (χ2n) is 6.84. The van der Waals surface area contributed by atoms with Gasteiger partial charge in [0.25, 0.3) is 0 Å². The fourth-order valence-electron chi connectivity index (χ4n) is 3.72. The van der Waals surface area contributed by atoms with Crippen LogP contribution in [0.3, 0.4) is 0 Å². The smallest absolute Gasteiger partial charge is 0.241 e. The molecule has 7 heteroatoms.